The quantitative estimate of drug-likeness (QED) is 0.795. The van der Waals surface area contributed by atoms with E-state index in [1.807, 2.05) is 30.3 Å². The van der Waals surface area contributed by atoms with Crippen LogP contribution in [0.5, 0.6) is 0 Å². The summed E-state index contributed by atoms with van der Waals surface area (Å²) in [5.74, 6) is 0.998. The molecule has 0 aliphatic carbocycles. The summed E-state index contributed by atoms with van der Waals surface area (Å²) in [6.45, 7) is 3.21. The Labute approximate surface area is 136 Å². The molecule has 3 rings (SSSR count). The third-order valence-corrected chi connectivity index (χ3v) is 4.21. The lowest BCUT2D eigenvalue weighted by Gasteiger charge is -2.32. The summed E-state index contributed by atoms with van der Waals surface area (Å²) in [5.41, 5.74) is 1.60. The van der Waals surface area contributed by atoms with Gasteiger partial charge < -0.3 is 14.4 Å². The molecule has 1 aliphatic rings. The Morgan fingerprint density at radius 2 is 2.04 bits per heavy atom. The van der Waals surface area contributed by atoms with Crippen molar-refractivity contribution in [1.82, 2.24) is 4.98 Å². The predicted octanol–water partition coefficient (Wildman–Crippen LogP) is 2.74. The van der Waals surface area contributed by atoms with Crippen molar-refractivity contribution in [1.29, 1.82) is 5.26 Å². The Hall–Kier alpha value is -2.16. The van der Waals surface area contributed by atoms with Crippen LogP contribution in [0, 0.1) is 11.3 Å². The van der Waals surface area contributed by atoms with E-state index < -0.39 is 0 Å². The van der Waals surface area contributed by atoms with Gasteiger partial charge in [-0.05, 0) is 43.2 Å². The van der Waals surface area contributed by atoms with Crippen LogP contribution in [-0.2, 0) is 9.47 Å². The highest BCUT2D eigenvalue weighted by Gasteiger charge is 2.20. The number of rotatable bonds is 5. The Kier molecular flexibility index (Phi) is 5.06. The van der Waals surface area contributed by atoms with Crippen molar-refractivity contribution in [3.8, 4) is 6.07 Å². The van der Waals surface area contributed by atoms with E-state index in [1.54, 1.807) is 7.11 Å². The third-order valence-electron chi connectivity index (χ3n) is 4.21. The first-order chi connectivity index (χ1) is 11.3. The molecule has 0 N–H and O–H groups in total. The van der Waals surface area contributed by atoms with E-state index >= 15 is 0 Å². The normalized spacial score (nSPS) is 15.7. The summed E-state index contributed by atoms with van der Waals surface area (Å²) in [6.07, 6.45) is 2.34. The number of anilines is 1. The van der Waals surface area contributed by atoms with Crippen LogP contribution in [0.4, 0.5) is 5.82 Å². The number of nitrogens with zero attached hydrogens (tertiary/aromatic N) is 3. The minimum Gasteiger partial charge on any atom is -0.382 e. The number of hydrogen-bond acceptors (Lipinski definition) is 5. The van der Waals surface area contributed by atoms with Crippen molar-refractivity contribution in [2.75, 3.05) is 38.3 Å². The molecule has 2 heterocycles. The average Bonchev–Trinajstić information content (AvgIpc) is 2.61. The van der Waals surface area contributed by atoms with Crippen LogP contribution < -0.4 is 4.90 Å². The molecular formula is C18H21N3O2. The summed E-state index contributed by atoms with van der Waals surface area (Å²) in [6, 6.07) is 11.8. The van der Waals surface area contributed by atoms with E-state index in [2.05, 4.69) is 11.0 Å². The zero-order valence-corrected chi connectivity index (χ0v) is 13.4. The number of aromatic nitrogens is 1. The molecular weight excluding hydrogens is 290 g/mol. The molecule has 0 spiro atoms. The minimum atomic E-state index is 0.319. The number of hydrogen-bond donors (Lipinski definition) is 0. The highest BCUT2D eigenvalue weighted by Crippen LogP contribution is 2.23. The maximum absolute atomic E-state index is 8.96. The van der Waals surface area contributed by atoms with Crippen molar-refractivity contribution in [3.05, 3.63) is 35.9 Å². The van der Waals surface area contributed by atoms with Gasteiger partial charge in [0.05, 0.1) is 36.5 Å². The Morgan fingerprint density at radius 1 is 1.22 bits per heavy atom. The number of benzene rings is 1. The van der Waals surface area contributed by atoms with Crippen LogP contribution in [0.3, 0.4) is 0 Å². The lowest BCUT2D eigenvalue weighted by Crippen LogP contribution is -2.37. The molecule has 120 valence electrons. The number of pyridine rings is 1. The topological polar surface area (TPSA) is 58.4 Å². The average molecular weight is 311 g/mol. The largest absolute Gasteiger partial charge is 0.382 e. The minimum absolute atomic E-state index is 0.319. The predicted molar refractivity (Wildman–Crippen MR) is 89.5 cm³/mol. The molecule has 5 heteroatoms. The van der Waals surface area contributed by atoms with Crippen molar-refractivity contribution >= 4 is 16.7 Å². The lowest BCUT2D eigenvalue weighted by atomic mass is 10.1. The van der Waals surface area contributed by atoms with Crippen LogP contribution in [0.2, 0.25) is 0 Å². The number of methoxy groups -OCH3 is 1. The molecule has 5 nitrogen and oxygen atoms in total. The molecule has 0 bridgehead atoms. The van der Waals surface area contributed by atoms with Gasteiger partial charge in [-0.2, -0.15) is 5.26 Å². The van der Waals surface area contributed by atoms with E-state index in [9.17, 15) is 0 Å². The number of fused-ring (bicyclic) bond motifs is 1. The van der Waals surface area contributed by atoms with Gasteiger partial charge in [-0.25, -0.2) is 4.98 Å². The molecule has 2 aromatic rings. The van der Waals surface area contributed by atoms with Crippen LogP contribution in [0.25, 0.3) is 10.9 Å². The first kappa shape index (κ1) is 15.7. The molecule has 0 atom stereocenters. The number of nitriles is 1. The van der Waals surface area contributed by atoms with E-state index in [0.29, 0.717) is 24.9 Å². The maximum atomic E-state index is 8.96. The molecule has 0 unspecified atom stereocenters. The lowest BCUT2D eigenvalue weighted by molar-refractivity contribution is 0.00605. The Morgan fingerprint density at radius 3 is 2.78 bits per heavy atom. The van der Waals surface area contributed by atoms with Gasteiger partial charge in [0.1, 0.15) is 5.82 Å². The van der Waals surface area contributed by atoms with Gasteiger partial charge in [-0.1, -0.05) is 0 Å². The number of piperidine rings is 1. The fraction of sp³-hybridized carbons (Fsp3) is 0.444. The van der Waals surface area contributed by atoms with E-state index in [0.717, 1.165) is 42.7 Å². The molecule has 1 aromatic carbocycles. The molecule has 23 heavy (non-hydrogen) atoms. The van der Waals surface area contributed by atoms with Gasteiger partial charge in [-0.3, -0.25) is 0 Å². The zero-order chi connectivity index (χ0) is 16.1. The molecule has 1 aromatic heterocycles. The molecule has 1 fully saturated rings. The second-order valence-electron chi connectivity index (χ2n) is 5.74. The van der Waals surface area contributed by atoms with E-state index in [4.69, 9.17) is 19.7 Å². The summed E-state index contributed by atoms with van der Waals surface area (Å²) >= 11 is 0. The van der Waals surface area contributed by atoms with Crippen LogP contribution in [0.1, 0.15) is 18.4 Å². The van der Waals surface area contributed by atoms with Crippen molar-refractivity contribution in [2.24, 2.45) is 0 Å². The van der Waals surface area contributed by atoms with Gasteiger partial charge in [-0.15, -0.1) is 0 Å². The van der Waals surface area contributed by atoms with Gasteiger partial charge in [0.15, 0.2) is 0 Å². The molecule has 1 saturated heterocycles. The van der Waals surface area contributed by atoms with Crippen molar-refractivity contribution in [2.45, 2.75) is 18.9 Å². The highest BCUT2D eigenvalue weighted by molar-refractivity contribution is 5.81. The fourth-order valence-corrected chi connectivity index (χ4v) is 2.91. The summed E-state index contributed by atoms with van der Waals surface area (Å²) < 4.78 is 10.8. The summed E-state index contributed by atoms with van der Waals surface area (Å²) in [7, 11) is 1.69. The van der Waals surface area contributed by atoms with Crippen LogP contribution >= 0.6 is 0 Å². The first-order valence-electron chi connectivity index (χ1n) is 7.96. The van der Waals surface area contributed by atoms with Crippen LogP contribution in [-0.4, -0.2) is 44.5 Å². The molecule has 1 aliphatic heterocycles. The van der Waals surface area contributed by atoms with E-state index in [-0.39, 0.29) is 0 Å². The van der Waals surface area contributed by atoms with Gasteiger partial charge in [0.25, 0.3) is 0 Å². The second-order valence-corrected chi connectivity index (χ2v) is 5.74. The Bertz CT molecular complexity index is 703. The molecule has 0 radical (unpaired) electrons. The van der Waals surface area contributed by atoms with Gasteiger partial charge in [0.2, 0.25) is 0 Å². The zero-order valence-electron chi connectivity index (χ0n) is 13.4. The fourth-order valence-electron chi connectivity index (χ4n) is 2.91. The summed E-state index contributed by atoms with van der Waals surface area (Å²) in [4.78, 5) is 7.03. The van der Waals surface area contributed by atoms with Gasteiger partial charge in [0, 0.05) is 25.6 Å². The third kappa shape index (κ3) is 3.79. The standard InChI is InChI=1S/C18H21N3O2/c1-22-10-11-23-16-6-8-21(9-7-16)18-5-3-15-12-14(13-19)2-4-17(15)20-18/h2-5,12,16H,6-11H2,1H3. The first-order valence-corrected chi connectivity index (χ1v) is 7.96. The monoisotopic (exact) mass is 311 g/mol. The van der Waals surface area contributed by atoms with Crippen LogP contribution in [0.15, 0.2) is 30.3 Å². The molecule has 0 amide bonds. The molecule has 0 saturated carbocycles. The second kappa shape index (κ2) is 7.40. The van der Waals surface area contributed by atoms with Crippen molar-refractivity contribution < 1.29 is 9.47 Å². The van der Waals surface area contributed by atoms with E-state index in [1.165, 1.54) is 0 Å². The maximum Gasteiger partial charge on any atom is 0.129 e. The summed E-state index contributed by atoms with van der Waals surface area (Å²) in [5, 5.41) is 9.96. The number of ether oxygens (including phenoxy) is 2. The SMILES string of the molecule is COCCOC1CCN(c2ccc3cc(C#N)ccc3n2)CC1. The Balaban J connectivity index is 1.64. The smallest absolute Gasteiger partial charge is 0.129 e. The van der Waals surface area contributed by atoms with Crippen molar-refractivity contribution in [3.63, 3.8) is 0 Å². The highest BCUT2D eigenvalue weighted by atomic mass is 16.5. The van der Waals surface area contributed by atoms with Gasteiger partial charge >= 0.3 is 0 Å².